The molecular weight excluding hydrogens is 276 g/mol. The smallest absolute Gasteiger partial charge is 0.243 e. The van der Waals surface area contributed by atoms with Crippen LogP contribution in [0.15, 0.2) is 48.7 Å². The second-order valence-electron chi connectivity index (χ2n) is 4.39. The maximum absolute atomic E-state index is 10.1. The Kier molecular flexibility index (Phi) is 3.54. The molecule has 0 bridgehead atoms. The highest BCUT2D eigenvalue weighted by molar-refractivity contribution is 6.30. The first-order valence-corrected chi connectivity index (χ1v) is 6.59. The Labute approximate surface area is 120 Å². The molecule has 0 saturated heterocycles. The fraction of sp³-hybridized carbons (Fsp3) is 0.143. The van der Waals surface area contributed by atoms with Crippen LogP contribution in [0.4, 0.5) is 5.95 Å². The Morgan fingerprint density at radius 3 is 2.80 bits per heavy atom. The second-order valence-corrected chi connectivity index (χ2v) is 4.83. The van der Waals surface area contributed by atoms with Gasteiger partial charge in [-0.1, -0.05) is 41.9 Å². The molecule has 0 aliphatic carbocycles. The van der Waals surface area contributed by atoms with Gasteiger partial charge in [0.05, 0.1) is 11.1 Å². The Hall–Kier alpha value is -2.11. The van der Waals surface area contributed by atoms with Crippen LogP contribution in [-0.2, 0) is 0 Å². The maximum atomic E-state index is 10.1. The van der Waals surface area contributed by atoms with E-state index < -0.39 is 6.10 Å². The lowest BCUT2D eigenvalue weighted by Crippen LogP contribution is -2.12. The van der Waals surface area contributed by atoms with Crippen LogP contribution in [0, 0.1) is 0 Å². The highest BCUT2D eigenvalue weighted by Crippen LogP contribution is 2.14. The summed E-state index contributed by atoms with van der Waals surface area (Å²) in [6.07, 6.45) is 1.08. The third-order valence-corrected chi connectivity index (χ3v) is 3.16. The zero-order valence-electron chi connectivity index (χ0n) is 10.6. The van der Waals surface area contributed by atoms with E-state index in [0.29, 0.717) is 23.2 Å². The molecule has 3 rings (SSSR count). The second kappa shape index (κ2) is 5.48. The lowest BCUT2D eigenvalue weighted by atomic mass is 10.1. The van der Waals surface area contributed by atoms with Crippen LogP contribution in [0.3, 0.4) is 0 Å². The molecule has 102 valence electrons. The molecule has 0 saturated carbocycles. The van der Waals surface area contributed by atoms with Gasteiger partial charge in [0.25, 0.3) is 0 Å². The average molecular weight is 289 g/mol. The largest absolute Gasteiger partial charge is 0.387 e. The van der Waals surface area contributed by atoms with Crippen LogP contribution in [0.25, 0.3) is 5.65 Å². The van der Waals surface area contributed by atoms with Gasteiger partial charge in [0.2, 0.25) is 5.95 Å². The lowest BCUT2D eigenvalue weighted by Gasteiger charge is -2.10. The number of hydrogen-bond donors (Lipinski definition) is 2. The van der Waals surface area contributed by atoms with E-state index in [9.17, 15) is 5.11 Å². The van der Waals surface area contributed by atoms with Gasteiger partial charge in [-0.25, -0.2) is 4.52 Å². The number of halogens is 1. The molecule has 2 heterocycles. The van der Waals surface area contributed by atoms with E-state index in [1.54, 1.807) is 22.8 Å². The van der Waals surface area contributed by atoms with Crippen LogP contribution < -0.4 is 5.32 Å². The number of anilines is 1. The molecule has 2 N–H and O–H groups in total. The van der Waals surface area contributed by atoms with E-state index >= 15 is 0 Å². The summed E-state index contributed by atoms with van der Waals surface area (Å²) in [5, 5.41) is 17.9. The minimum Gasteiger partial charge on any atom is -0.387 e. The summed E-state index contributed by atoms with van der Waals surface area (Å²) >= 11 is 5.89. The molecule has 0 aliphatic heterocycles. The predicted octanol–water partition coefficient (Wildman–Crippen LogP) is 2.53. The summed E-state index contributed by atoms with van der Waals surface area (Å²) in [5.41, 5.74) is 1.55. The highest BCUT2D eigenvalue weighted by Gasteiger charge is 2.09. The lowest BCUT2D eigenvalue weighted by molar-refractivity contribution is 0.191. The molecule has 3 aromatic rings. The van der Waals surface area contributed by atoms with E-state index in [1.165, 1.54) is 0 Å². The summed E-state index contributed by atoms with van der Waals surface area (Å²) in [6, 6.07) is 13.0. The summed E-state index contributed by atoms with van der Waals surface area (Å²) in [5.74, 6) is 0.460. The van der Waals surface area contributed by atoms with Gasteiger partial charge < -0.3 is 10.4 Å². The summed E-state index contributed by atoms with van der Waals surface area (Å²) in [6.45, 7) is 0.342. The first-order valence-electron chi connectivity index (χ1n) is 6.21. The van der Waals surface area contributed by atoms with Crippen molar-refractivity contribution in [3.63, 3.8) is 0 Å². The molecule has 1 aromatic carbocycles. The van der Waals surface area contributed by atoms with Crippen molar-refractivity contribution in [3.05, 3.63) is 59.2 Å². The van der Waals surface area contributed by atoms with Crippen molar-refractivity contribution in [1.29, 1.82) is 0 Å². The predicted molar refractivity (Wildman–Crippen MR) is 77.9 cm³/mol. The molecule has 20 heavy (non-hydrogen) atoms. The number of aliphatic hydroxyl groups excluding tert-OH is 1. The van der Waals surface area contributed by atoms with Crippen LogP contribution in [0.1, 0.15) is 11.7 Å². The van der Waals surface area contributed by atoms with Gasteiger partial charge in [-0.05, 0) is 17.7 Å². The summed E-state index contributed by atoms with van der Waals surface area (Å²) in [4.78, 5) is 4.29. The molecule has 5 nitrogen and oxygen atoms in total. The van der Waals surface area contributed by atoms with Crippen molar-refractivity contribution >= 4 is 23.2 Å². The summed E-state index contributed by atoms with van der Waals surface area (Å²) < 4.78 is 1.60. The van der Waals surface area contributed by atoms with Gasteiger partial charge >= 0.3 is 0 Å². The molecule has 0 spiro atoms. The van der Waals surface area contributed by atoms with Crippen molar-refractivity contribution in [2.45, 2.75) is 6.10 Å². The number of pyridine rings is 1. The van der Waals surface area contributed by atoms with Crippen molar-refractivity contribution in [2.24, 2.45) is 0 Å². The molecule has 6 heteroatoms. The number of nitrogens with zero attached hydrogens (tertiary/aromatic N) is 3. The van der Waals surface area contributed by atoms with Crippen LogP contribution >= 0.6 is 11.6 Å². The quantitative estimate of drug-likeness (QED) is 0.774. The first-order chi connectivity index (χ1) is 9.72. The number of benzene rings is 1. The Bertz CT molecular complexity index is 714. The molecule has 0 amide bonds. The van der Waals surface area contributed by atoms with E-state index in [0.717, 1.165) is 5.56 Å². The standard InChI is InChI=1S/C14H13ClN4O/c15-11-6-7-13-17-14(18-19(13)9-11)16-8-12(20)10-4-2-1-3-5-10/h1-7,9,12,20H,8H2,(H,16,18). The maximum Gasteiger partial charge on any atom is 0.243 e. The number of hydrogen-bond acceptors (Lipinski definition) is 4. The molecule has 1 unspecified atom stereocenters. The zero-order chi connectivity index (χ0) is 13.9. The molecule has 0 radical (unpaired) electrons. The van der Waals surface area contributed by atoms with E-state index in [4.69, 9.17) is 11.6 Å². The third-order valence-electron chi connectivity index (χ3n) is 2.93. The van der Waals surface area contributed by atoms with Gasteiger partial charge in [-0.15, -0.1) is 5.10 Å². The topological polar surface area (TPSA) is 62.5 Å². The van der Waals surface area contributed by atoms with Gasteiger partial charge in [0.1, 0.15) is 0 Å². The monoisotopic (exact) mass is 288 g/mol. The number of fused-ring (bicyclic) bond motifs is 1. The van der Waals surface area contributed by atoms with E-state index in [2.05, 4.69) is 15.4 Å². The van der Waals surface area contributed by atoms with E-state index in [-0.39, 0.29) is 0 Å². The first kappa shape index (κ1) is 12.9. The van der Waals surface area contributed by atoms with Crippen molar-refractivity contribution in [1.82, 2.24) is 14.6 Å². The average Bonchev–Trinajstić information content (AvgIpc) is 2.87. The fourth-order valence-corrected chi connectivity index (χ4v) is 2.07. The van der Waals surface area contributed by atoms with Crippen LogP contribution in [-0.4, -0.2) is 26.2 Å². The Balaban J connectivity index is 1.71. The number of aliphatic hydroxyl groups is 1. The minimum absolute atomic E-state index is 0.342. The van der Waals surface area contributed by atoms with Gasteiger partial charge in [0, 0.05) is 12.7 Å². The molecule has 1 atom stereocenters. The Morgan fingerprint density at radius 2 is 2.00 bits per heavy atom. The number of rotatable bonds is 4. The minimum atomic E-state index is -0.605. The molecule has 0 aliphatic rings. The normalized spacial score (nSPS) is 12.5. The highest BCUT2D eigenvalue weighted by atomic mass is 35.5. The van der Waals surface area contributed by atoms with Crippen LogP contribution in [0.5, 0.6) is 0 Å². The molecule has 2 aromatic heterocycles. The fourth-order valence-electron chi connectivity index (χ4n) is 1.91. The SMILES string of the molecule is OC(CNc1nc2ccc(Cl)cn2n1)c1ccccc1. The van der Waals surface area contributed by atoms with Crippen molar-refractivity contribution < 1.29 is 5.11 Å². The van der Waals surface area contributed by atoms with Gasteiger partial charge in [-0.3, -0.25) is 0 Å². The third kappa shape index (κ3) is 2.74. The van der Waals surface area contributed by atoms with E-state index in [1.807, 2.05) is 30.3 Å². The van der Waals surface area contributed by atoms with Crippen molar-refractivity contribution in [2.75, 3.05) is 11.9 Å². The number of aromatic nitrogens is 3. The van der Waals surface area contributed by atoms with Gasteiger partial charge in [-0.2, -0.15) is 4.98 Å². The van der Waals surface area contributed by atoms with Crippen molar-refractivity contribution in [3.8, 4) is 0 Å². The number of nitrogens with one attached hydrogen (secondary N) is 1. The molecule has 0 fully saturated rings. The van der Waals surface area contributed by atoms with Gasteiger partial charge in [0.15, 0.2) is 5.65 Å². The Morgan fingerprint density at radius 1 is 1.20 bits per heavy atom. The van der Waals surface area contributed by atoms with Crippen LogP contribution in [0.2, 0.25) is 5.02 Å². The summed E-state index contributed by atoms with van der Waals surface area (Å²) in [7, 11) is 0. The zero-order valence-corrected chi connectivity index (χ0v) is 11.3. The molecular formula is C14H13ClN4O.